The third-order valence-corrected chi connectivity index (χ3v) is 4.61. The van der Waals surface area contributed by atoms with Crippen LogP contribution in [0.2, 0.25) is 0 Å². The topological polar surface area (TPSA) is 54.3 Å². The molecule has 1 amide bonds. The van der Waals surface area contributed by atoms with Crippen LogP contribution in [-0.2, 0) is 4.79 Å². The lowest BCUT2D eigenvalue weighted by atomic mass is 10.2. The number of amides is 1. The number of piperazine rings is 1. The maximum Gasteiger partial charge on any atom is 0.246 e. The molecule has 0 saturated carbocycles. The second-order valence-corrected chi connectivity index (χ2v) is 6.39. The maximum atomic E-state index is 12.5. The molecule has 0 bridgehead atoms. The summed E-state index contributed by atoms with van der Waals surface area (Å²) in [5.74, 6) is 0.997. The maximum absolute atomic E-state index is 12.5. The Bertz CT molecular complexity index is 912. The molecule has 4 rings (SSSR count). The largest absolute Gasteiger partial charge is 0.353 e. The van der Waals surface area contributed by atoms with Gasteiger partial charge in [-0.3, -0.25) is 4.79 Å². The highest BCUT2D eigenvalue weighted by atomic mass is 16.2. The van der Waals surface area contributed by atoms with Gasteiger partial charge >= 0.3 is 0 Å². The fourth-order valence-electron chi connectivity index (χ4n) is 3.11. The van der Waals surface area contributed by atoms with E-state index in [2.05, 4.69) is 15.0 Å². The summed E-state index contributed by atoms with van der Waals surface area (Å²) in [6, 6.07) is 15.8. The van der Waals surface area contributed by atoms with Crippen molar-refractivity contribution in [2.75, 3.05) is 31.1 Å². The number of para-hydroxylation sites is 1. The second-order valence-electron chi connectivity index (χ2n) is 6.39. The lowest BCUT2D eigenvalue weighted by molar-refractivity contribution is -0.126. The molecule has 6 nitrogen and oxygen atoms in total. The molecule has 136 valence electrons. The first-order chi connectivity index (χ1) is 13.3. The van der Waals surface area contributed by atoms with Crippen molar-refractivity contribution < 1.29 is 4.79 Å². The smallest absolute Gasteiger partial charge is 0.246 e. The molecule has 0 spiro atoms. The number of pyridine rings is 1. The van der Waals surface area contributed by atoms with Gasteiger partial charge in [0.1, 0.15) is 5.82 Å². The van der Waals surface area contributed by atoms with Gasteiger partial charge in [0.15, 0.2) is 0 Å². The SMILES string of the molecule is O=C(/C=C/c1cnn(-c2ccccc2)c1)N1CCN(c2ccccn2)CC1. The normalized spacial score (nSPS) is 14.7. The molecule has 0 atom stereocenters. The number of hydrogen-bond acceptors (Lipinski definition) is 4. The molecule has 1 aliphatic heterocycles. The van der Waals surface area contributed by atoms with Crippen LogP contribution in [-0.4, -0.2) is 51.8 Å². The molecular formula is C21H21N5O. The summed E-state index contributed by atoms with van der Waals surface area (Å²) in [6.45, 7) is 2.98. The molecule has 1 fully saturated rings. The van der Waals surface area contributed by atoms with Crippen molar-refractivity contribution in [3.8, 4) is 5.69 Å². The molecule has 3 aromatic rings. The van der Waals surface area contributed by atoms with Crippen molar-refractivity contribution in [3.05, 3.63) is 78.8 Å². The zero-order valence-electron chi connectivity index (χ0n) is 15.0. The molecule has 1 aliphatic rings. The van der Waals surface area contributed by atoms with Crippen molar-refractivity contribution in [2.45, 2.75) is 0 Å². The minimum atomic E-state index is 0.0307. The average molecular weight is 359 g/mol. The minimum absolute atomic E-state index is 0.0307. The predicted molar refractivity (Wildman–Crippen MR) is 106 cm³/mol. The Morgan fingerprint density at radius 3 is 2.48 bits per heavy atom. The van der Waals surface area contributed by atoms with Crippen LogP contribution in [0, 0.1) is 0 Å². The van der Waals surface area contributed by atoms with E-state index in [1.54, 1.807) is 23.2 Å². The van der Waals surface area contributed by atoms with Crippen LogP contribution in [0.1, 0.15) is 5.56 Å². The van der Waals surface area contributed by atoms with Crippen LogP contribution in [0.25, 0.3) is 11.8 Å². The summed E-state index contributed by atoms with van der Waals surface area (Å²) in [6.07, 6.45) is 8.92. The van der Waals surface area contributed by atoms with Gasteiger partial charge < -0.3 is 9.80 Å². The average Bonchev–Trinajstić information content (AvgIpc) is 3.22. The van der Waals surface area contributed by atoms with Crippen molar-refractivity contribution in [2.24, 2.45) is 0 Å². The van der Waals surface area contributed by atoms with Crippen LogP contribution in [0.3, 0.4) is 0 Å². The molecule has 27 heavy (non-hydrogen) atoms. The summed E-state index contributed by atoms with van der Waals surface area (Å²) >= 11 is 0. The molecule has 0 radical (unpaired) electrons. The molecule has 0 N–H and O–H groups in total. The Hall–Kier alpha value is -3.41. The summed E-state index contributed by atoms with van der Waals surface area (Å²) < 4.78 is 1.80. The molecule has 6 heteroatoms. The predicted octanol–water partition coefficient (Wildman–Crippen LogP) is 2.63. The van der Waals surface area contributed by atoms with Crippen molar-refractivity contribution in [1.82, 2.24) is 19.7 Å². The zero-order chi connectivity index (χ0) is 18.5. The Kier molecular flexibility index (Phi) is 4.96. The Labute approximate surface area is 158 Å². The number of carbonyl (C=O) groups is 1. The second kappa shape index (κ2) is 7.86. The standard InChI is InChI=1S/C21H21N5O/c27-21(25-14-12-24(13-15-25)20-8-4-5-11-22-20)10-9-18-16-23-26(17-18)19-6-2-1-3-7-19/h1-11,16-17H,12-15H2/b10-9+. The van der Waals surface area contributed by atoms with Gasteiger partial charge in [0.25, 0.3) is 0 Å². The van der Waals surface area contributed by atoms with E-state index in [-0.39, 0.29) is 5.91 Å². The van der Waals surface area contributed by atoms with Crippen LogP contribution >= 0.6 is 0 Å². The fraction of sp³-hybridized carbons (Fsp3) is 0.190. The first kappa shape index (κ1) is 17.0. The van der Waals surface area contributed by atoms with Crippen LogP contribution in [0.5, 0.6) is 0 Å². The lowest BCUT2D eigenvalue weighted by Crippen LogP contribution is -2.48. The van der Waals surface area contributed by atoms with Gasteiger partial charge in [-0.2, -0.15) is 5.10 Å². The fourth-order valence-corrected chi connectivity index (χ4v) is 3.11. The van der Waals surface area contributed by atoms with Crippen molar-refractivity contribution in [3.63, 3.8) is 0 Å². The van der Waals surface area contributed by atoms with E-state index in [0.29, 0.717) is 13.1 Å². The van der Waals surface area contributed by atoms with E-state index in [4.69, 9.17) is 0 Å². The number of carbonyl (C=O) groups excluding carboxylic acids is 1. The highest BCUT2D eigenvalue weighted by Gasteiger charge is 2.20. The van der Waals surface area contributed by atoms with Gasteiger partial charge in [0.05, 0.1) is 11.9 Å². The number of benzene rings is 1. The van der Waals surface area contributed by atoms with Crippen LogP contribution in [0.15, 0.2) is 73.2 Å². The number of nitrogens with zero attached hydrogens (tertiary/aromatic N) is 5. The first-order valence-corrected chi connectivity index (χ1v) is 9.03. The van der Waals surface area contributed by atoms with Crippen LogP contribution in [0.4, 0.5) is 5.82 Å². The highest BCUT2D eigenvalue weighted by molar-refractivity contribution is 5.91. The monoisotopic (exact) mass is 359 g/mol. The Morgan fingerprint density at radius 1 is 0.963 bits per heavy atom. The molecular weight excluding hydrogens is 338 g/mol. The summed E-state index contributed by atoms with van der Waals surface area (Å²) in [5.41, 5.74) is 1.90. The van der Waals surface area contributed by atoms with E-state index in [9.17, 15) is 4.79 Å². The Morgan fingerprint density at radius 2 is 1.74 bits per heavy atom. The van der Waals surface area contributed by atoms with E-state index in [1.165, 1.54) is 0 Å². The van der Waals surface area contributed by atoms with Gasteiger partial charge in [0.2, 0.25) is 5.91 Å². The lowest BCUT2D eigenvalue weighted by Gasteiger charge is -2.34. The summed E-state index contributed by atoms with van der Waals surface area (Å²) in [7, 11) is 0. The Balaban J connectivity index is 1.34. The van der Waals surface area contributed by atoms with E-state index in [0.717, 1.165) is 30.2 Å². The van der Waals surface area contributed by atoms with E-state index < -0.39 is 0 Å². The summed E-state index contributed by atoms with van der Waals surface area (Å²) in [4.78, 5) is 20.9. The molecule has 0 unspecified atom stereocenters. The quantitative estimate of drug-likeness (QED) is 0.672. The molecule has 1 aromatic carbocycles. The zero-order valence-corrected chi connectivity index (χ0v) is 15.0. The van der Waals surface area contributed by atoms with E-state index in [1.807, 2.05) is 65.7 Å². The van der Waals surface area contributed by atoms with Crippen LogP contribution < -0.4 is 4.90 Å². The van der Waals surface area contributed by atoms with Gasteiger partial charge in [-0.25, -0.2) is 9.67 Å². The third-order valence-electron chi connectivity index (χ3n) is 4.61. The molecule has 3 heterocycles. The number of hydrogen-bond donors (Lipinski definition) is 0. The minimum Gasteiger partial charge on any atom is -0.353 e. The van der Waals surface area contributed by atoms with Gasteiger partial charge in [0, 0.05) is 50.2 Å². The van der Waals surface area contributed by atoms with Gasteiger partial charge in [-0.1, -0.05) is 24.3 Å². The molecule has 2 aromatic heterocycles. The first-order valence-electron chi connectivity index (χ1n) is 9.03. The molecule has 0 aliphatic carbocycles. The number of rotatable bonds is 4. The number of anilines is 1. The van der Waals surface area contributed by atoms with E-state index >= 15 is 0 Å². The third kappa shape index (κ3) is 4.06. The van der Waals surface area contributed by atoms with Crippen molar-refractivity contribution in [1.29, 1.82) is 0 Å². The van der Waals surface area contributed by atoms with Gasteiger partial charge in [-0.05, 0) is 30.3 Å². The summed E-state index contributed by atoms with van der Waals surface area (Å²) in [5, 5.41) is 4.35. The number of aromatic nitrogens is 3. The van der Waals surface area contributed by atoms with Crippen molar-refractivity contribution >= 4 is 17.8 Å². The highest BCUT2D eigenvalue weighted by Crippen LogP contribution is 2.13. The molecule has 1 saturated heterocycles. The van der Waals surface area contributed by atoms with Gasteiger partial charge in [-0.15, -0.1) is 0 Å².